The lowest BCUT2D eigenvalue weighted by molar-refractivity contribution is 0.0964. The van der Waals surface area contributed by atoms with Crippen molar-refractivity contribution in [1.82, 2.24) is 15.3 Å². The number of H-pyrrole nitrogens is 1. The number of nitriles is 1. The van der Waals surface area contributed by atoms with E-state index in [1.807, 2.05) is 18.2 Å². The molecule has 4 aromatic rings. The zero-order chi connectivity index (χ0) is 18.3. The SMILES string of the molecule is CNC(=O)c1cccc2nc(-c3c[nH]c4c(C#N)cc(F)cc34)ccc12. The van der Waals surface area contributed by atoms with Gasteiger partial charge in [-0.05, 0) is 36.4 Å². The molecule has 0 aliphatic carbocycles. The topological polar surface area (TPSA) is 81.6 Å². The molecule has 2 aromatic carbocycles. The van der Waals surface area contributed by atoms with Crippen molar-refractivity contribution >= 4 is 27.7 Å². The van der Waals surface area contributed by atoms with Crippen LogP contribution >= 0.6 is 0 Å². The minimum absolute atomic E-state index is 0.182. The molecule has 2 aromatic heterocycles. The van der Waals surface area contributed by atoms with Crippen molar-refractivity contribution in [1.29, 1.82) is 5.26 Å². The third-order valence-electron chi connectivity index (χ3n) is 4.35. The maximum Gasteiger partial charge on any atom is 0.251 e. The van der Waals surface area contributed by atoms with E-state index >= 15 is 0 Å². The first-order valence-electron chi connectivity index (χ1n) is 7.95. The van der Waals surface area contributed by atoms with Crippen LogP contribution in [0.2, 0.25) is 0 Å². The summed E-state index contributed by atoms with van der Waals surface area (Å²) < 4.78 is 13.9. The lowest BCUT2D eigenvalue weighted by Crippen LogP contribution is -2.18. The summed E-state index contributed by atoms with van der Waals surface area (Å²) >= 11 is 0. The monoisotopic (exact) mass is 344 g/mol. The van der Waals surface area contributed by atoms with Crippen molar-refractivity contribution in [2.45, 2.75) is 0 Å². The Balaban J connectivity index is 1.93. The fourth-order valence-corrected chi connectivity index (χ4v) is 3.13. The average molecular weight is 344 g/mol. The predicted octanol–water partition coefficient (Wildman–Crippen LogP) is 3.75. The zero-order valence-corrected chi connectivity index (χ0v) is 13.8. The molecule has 1 amide bonds. The molecule has 126 valence electrons. The first-order valence-corrected chi connectivity index (χ1v) is 7.95. The van der Waals surface area contributed by atoms with E-state index < -0.39 is 5.82 Å². The number of nitrogens with zero attached hydrogens (tertiary/aromatic N) is 2. The van der Waals surface area contributed by atoms with Crippen LogP contribution in [0, 0.1) is 17.1 Å². The van der Waals surface area contributed by atoms with E-state index in [1.165, 1.54) is 12.1 Å². The highest BCUT2D eigenvalue weighted by atomic mass is 19.1. The van der Waals surface area contributed by atoms with Crippen LogP contribution in [0.3, 0.4) is 0 Å². The number of carbonyl (C=O) groups is 1. The Labute approximate surface area is 148 Å². The Kier molecular flexibility index (Phi) is 3.63. The molecule has 4 rings (SSSR count). The molecule has 2 heterocycles. The van der Waals surface area contributed by atoms with E-state index in [2.05, 4.69) is 15.3 Å². The van der Waals surface area contributed by atoms with Crippen LogP contribution in [-0.2, 0) is 0 Å². The molecule has 0 fully saturated rings. The van der Waals surface area contributed by atoms with E-state index in [4.69, 9.17) is 0 Å². The Bertz CT molecular complexity index is 1220. The van der Waals surface area contributed by atoms with E-state index in [1.54, 1.807) is 31.4 Å². The molecule has 0 saturated carbocycles. The highest BCUT2D eigenvalue weighted by molar-refractivity contribution is 6.07. The predicted molar refractivity (Wildman–Crippen MR) is 97.1 cm³/mol. The molecule has 0 radical (unpaired) electrons. The number of benzene rings is 2. The van der Waals surface area contributed by atoms with Crippen LogP contribution in [0.15, 0.2) is 48.7 Å². The summed E-state index contributed by atoms with van der Waals surface area (Å²) in [6.07, 6.45) is 1.71. The maximum atomic E-state index is 13.9. The van der Waals surface area contributed by atoms with Crippen LogP contribution in [-0.4, -0.2) is 22.9 Å². The quantitative estimate of drug-likeness (QED) is 0.581. The summed E-state index contributed by atoms with van der Waals surface area (Å²) in [5.74, 6) is -0.657. The van der Waals surface area contributed by atoms with E-state index in [0.29, 0.717) is 33.2 Å². The Morgan fingerprint density at radius 2 is 2.08 bits per heavy atom. The highest BCUT2D eigenvalue weighted by Gasteiger charge is 2.14. The second-order valence-electron chi connectivity index (χ2n) is 5.84. The smallest absolute Gasteiger partial charge is 0.251 e. The molecule has 0 bridgehead atoms. The van der Waals surface area contributed by atoms with Gasteiger partial charge < -0.3 is 10.3 Å². The van der Waals surface area contributed by atoms with Gasteiger partial charge in [-0.1, -0.05) is 6.07 Å². The Morgan fingerprint density at radius 1 is 1.23 bits per heavy atom. The number of hydrogen-bond acceptors (Lipinski definition) is 3. The number of rotatable bonds is 2. The number of aromatic nitrogens is 2. The lowest BCUT2D eigenvalue weighted by atomic mass is 10.0. The third-order valence-corrected chi connectivity index (χ3v) is 4.35. The lowest BCUT2D eigenvalue weighted by Gasteiger charge is -2.07. The number of hydrogen-bond donors (Lipinski definition) is 2. The van der Waals surface area contributed by atoms with E-state index in [0.717, 1.165) is 5.39 Å². The third kappa shape index (κ3) is 2.38. The molecule has 0 saturated heterocycles. The van der Waals surface area contributed by atoms with Crippen LogP contribution < -0.4 is 5.32 Å². The van der Waals surface area contributed by atoms with Gasteiger partial charge in [0, 0.05) is 35.1 Å². The van der Waals surface area contributed by atoms with Crippen LogP contribution in [0.1, 0.15) is 15.9 Å². The Hall–Kier alpha value is -3.72. The summed E-state index contributed by atoms with van der Waals surface area (Å²) in [6, 6.07) is 13.5. The average Bonchev–Trinajstić information content (AvgIpc) is 3.09. The van der Waals surface area contributed by atoms with Crippen molar-refractivity contribution in [3.8, 4) is 17.3 Å². The first-order chi connectivity index (χ1) is 12.6. The summed E-state index contributed by atoms with van der Waals surface area (Å²) in [6.45, 7) is 0. The van der Waals surface area contributed by atoms with Gasteiger partial charge in [-0.25, -0.2) is 9.37 Å². The van der Waals surface area contributed by atoms with E-state index in [-0.39, 0.29) is 11.5 Å². The van der Waals surface area contributed by atoms with Crippen molar-refractivity contribution in [3.63, 3.8) is 0 Å². The summed E-state index contributed by atoms with van der Waals surface area (Å²) in [5.41, 5.74) is 3.35. The molecule has 0 atom stereocenters. The number of carbonyl (C=O) groups excluding carboxylic acids is 1. The molecule has 0 aliphatic rings. The number of amides is 1. The summed E-state index contributed by atoms with van der Waals surface area (Å²) in [5, 5.41) is 13.1. The van der Waals surface area contributed by atoms with Crippen molar-refractivity contribution in [3.05, 3.63) is 65.6 Å². The molecule has 6 heteroatoms. The normalized spacial score (nSPS) is 10.8. The number of halogens is 1. The molecule has 0 unspecified atom stereocenters. The van der Waals surface area contributed by atoms with Gasteiger partial charge in [0.25, 0.3) is 5.91 Å². The highest BCUT2D eigenvalue weighted by Crippen LogP contribution is 2.31. The number of nitrogens with one attached hydrogen (secondary N) is 2. The fraction of sp³-hybridized carbons (Fsp3) is 0.0500. The number of aromatic amines is 1. The second kappa shape index (κ2) is 5.97. The molecule has 0 spiro atoms. The van der Waals surface area contributed by atoms with Gasteiger partial charge in [0.05, 0.1) is 22.3 Å². The van der Waals surface area contributed by atoms with Gasteiger partial charge in [0.15, 0.2) is 0 Å². The van der Waals surface area contributed by atoms with Crippen LogP contribution in [0.25, 0.3) is 33.1 Å². The summed E-state index contributed by atoms with van der Waals surface area (Å²) in [4.78, 5) is 19.7. The van der Waals surface area contributed by atoms with Crippen LogP contribution in [0.4, 0.5) is 4.39 Å². The fourth-order valence-electron chi connectivity index (χ4n) is 3.13. The van der Waals surface area contributed by atoms with Crippen molar-refractivity contribution in [2.24, 2.45) is 0 Å². The summed E-state index contributed by atoms with van der Waals surface area (Å²) in [7, 11) is 1.58. The second-order valence-corrected chi connectivity index (χ2v) is 5.84. The largest absolute Gasteiger partial charge is 0.359 e. The number of fused-ring (bicyclic) bond motifs is 2. The molecular formula is C20H13FN4O. The number of pyridine rings is 1. The zero-order valence-electron chi connectivity index (χ0n) is 13.8. The van der Waals surface area contributed by atoms with Gasteiger partial charge in [0.1, 0.15) is 11.9 Å². The molecule has 0 aliphatic heterocycles. The van der Waals surface area contributed by atoms with Gasteiger partial charge in [-0.2, -0.15) is 5.26 Å². The van der Waals surface area contributed by atoms with Crippen LogP contribution in [0.5, 0.6) is 0 Å². The standard InChI is InChI=1S/C20H13FN4O/c1-23-20(26)14-3-2-4-17-13(14)5-6-18(25-17)16-10-24-19-11(9-22)7-12(21)8-15(16)19/h2-8,10,24H,1H3,(H,23,26). The molecular weight excluding hydrogens is 331 g/mol. The maximum absolute atomic E-state index is 13.9. The van der Waals surface area contributed by atoms with Gasteiger partial charge in [-0.15, -0.1) is 0 Å². The minimum Gasteiger partial charge on any atom is -0.359 e. The van der Waals surface area contributed by atoms with Crippen molar-refractivity contribution in [2.75, 3.05) is 7.05 Å². The van der Waals surface area contributed by atoms with Gasteiger partial charge in [0.2, 0.25) is 0 Å². The van der Waals surface area contributed by atoms with E-state index in [9.17, 15) is 14.4 Å². The van der Waals surface area contributed by atoms with Gasteiger partial charge in [-0.3, -0.25) is 4.79 Å². The van der Waals surface area contributed by atoms with Gasteiger partial charge >= 0.3 is 0 Å². The Morgan fingerprint density at radius 3 is 2.85 bits per heavy atom. The molecule has 2 N–H and O–H groups in total. The molecule has 26 heavy (non-hydrogen) atoms. The first kappa shape index (κ1) is 15.8. The minimum atomic E-state index is -0.474. The van der Waals surface area contributed by atoms with Crippen molar-refractivity contribution < 1.29 is 9.18 Å². The molecule has 5 nitrogen and oxygen atoms in total.